The summed E-state index contributed by atoms with van der Waals surface area (Å²) in [4.78, 5) is 12.4. The maximum Gasteiger partial charge on any atom is 0.307 e. The second kappa shape index (κ2) is 5.47. The summed E-state index contributed by atoms with van der Waals surface area (Å²) >= 11 is 0. The van der Waals surface area contributed by atoms with E-state index in [9.17, 15) is 14.5 Å². The van der Waals surface area contributed by atoms with Crippen LogP contribution in [0.3, 0.4) is 0 Å². The summed E-state index contributed by atoms with van der Waals surface area (Å²) in [6, 6.07) is 0.155. The molecule has 20 heavy (non-hydrogen) atoms. The van der Waals surface area contributed by atoms with Crippen LogP contribution in [0.25, 0.3) is 0 Å². The third kappa shape index (κ3) is 2.54. The monoisotopic (exact) mass is 282 g/mol. The number of nitrogens with zero attached hydrogens (tertiary/aromatic N) is 4. The highest BCUT2D eigenvalue weighted by molar-refractivity contribution is 5.21. The molecule has 0 bridgehead atoms. The zero-order valence-corrected chi connectivity index (χ0v) is 11.3. The van der Waals surface area contributed by atoms with Gasteiger partial charge in [-0.1, -0.05) is 12.8 Å². The van der Waals surface area contributed by atoms with Gasteiger partial charge in [0.1, 0.15) is 18.6 Å². The highest BCUT2D eigenvalue weighted by Gasteiger charge is 2.35. The smallest absolute Gasteiger partial charge is 0.297 e. The van der Waals surface area contributed by atoms with Crippen molar-refractivity contribution in [2.24, 2.45) is 0 Å². The van der Waals surface area contributed by atoms with Gasteiger partial charge in [-0.05, 0) is 19.3 Å². The molecule has 3 rings (SSSR count). The fourth-order valence-corrected chi connectivity index (χ4v) is 3.42. The van der Waals surface area contributed by atoms with Crippen molar-refractivity contribution >= 4 is 5.69 Å². The van der Waals surface area contributed by atoms with E-state index in [0.717, 1.165) is 6.54 Å². The summed E-state index contributed by atoms with van der Waals surface area (Å²) in [6.45, 7) is 1.27. The van der Waals surface area contributed by atoms with Gasteiger partial charge in [0, 0.05) is 19.1 Å². The Bertz CT molecular complexity index is 486. The first kappa shape index (κ1) is 13.5. The lowest BCUT2D eigenvalue weighted by Gasteiger charge is -2.38. The Morgan fingerprint density at radius 1 is 1.35 bits per heavy atom. The van der Waals surface area contributed by atoms with Crippen LogP contribution in [0.15, 0.2) is 12.4 Å². The Morgan fingerprint density at radius 3 is 2.70 bits per heavy atom. The highest BCUT2D eigenvalue weighted by atomic mass is 19.1. The minimum Gasteiger partial charge on any atom is -0.297 e. The van der Waals surface area contributed by atoms with E-state index in [1.165, 1.54) is 42.8 Å². The van der Waals surface area contributed by atoms with Crippen LogP contribution in [0.1, 0.15) is 38.1 Å². The fraction of sp³-hybridized carbons (Fsp3) is 0.769. The molecule has 1 saturated heterocycles. The molecule has 110 valence electrons. The van der Waals surface area contributed by atoms with Gasteiger partial charge in [0.2, 0.25) is 0 Å². The van der Waals surface area contributed by atoms with Crippen LogP contribution in [0.2, 0.25) is 0 Å². The molecular weight excluding hydrogens is 263 g/mol. The molecule has 0 N–H and O–H groups in total. The van der Waals surface area contributed by atoms with Gasteiger partial charge in [0.15, 0.2) is 0 Å². The minimum absolute atomic E-state index is 0.0737. The van der Waals surface area contributed by atoms with Gasteiger partial charge >= 0.3 is 5.69 Å². The predicted octanol–water partition coefficient (Wildman–Crippen LogP) is 2.32. The van der Waals surface area contributed by atoms with Crippen molar-refractivity contribution in [1.82, 2.24) is 14.7 Å². The topological polar surface area (TPSA) is 64.2 Å². The van der Waals surface area contributed by atoms with E-state index >= 15 is 0 Å². The lowest BCUT2D eigenvalue weighted by atomic mass is 10.0. The molecule has 1 aromatic heterocycles. The number of likely N-dealkylation sites (tertiary alicyclic amines) is 1. The highest BCUT2D eigenvalue weighted by Crippen LogP contribution is 2.31. The molecule has 0 amide bonds. The van der Waals surface area contributed by atoms with Gasteiger partial charge in [-0.15, -0.1) is 0 Å². The lowest BCUT2D eigenvalue weighted by Crippen LogP contribution is -2.46. The Morgan fingerprint density at radius 2 is 2.10 bits per heavy atom. The molecule has 1 aromatic rings. The Labute approximate surface area is 116 Å². The van der Waals surface area contributed by atoms with E-state index in [1.54, 1.807) is 0 Å². The van der Waals surface area contributed by atoms with E-state index in [1.807, 2.05) is 0 Å². The van der Waals surface area contributed by atoms with Crippen molar-refractivity contribution in [3.8, 4) is 0 Å². The number of alkyl halides is 1. The summed E-state index contributed by atoms with van der Waals surface area (Å²) in [5, 5.41) is 14.6. The van der Waals surface area contributed by atoms with Crippen molar-refractivity contribution < 1.29 is 9.31 Å². The van der Waals surface area contributed by atoms with E-state index in [4.69, 9.17) is 0 Å². The van der Waals surface area contributed by atoms with Gasteiger partial charge in [0.05, 0.1) is 11.0 Å². The van der Waals surface area contributed by atoms with Crippen molar-refractivity contribution in [2.45, 2.75) is 50.4 Å². The molecule has 0 spiro atoms. The number of piperidine rings is 1. The zero-order chi connectivity index (χ0) is 14.1. The minimum atomic E-state index is -1.01. The normalized spacial score (nSPS) is 28.9. The molecular formula is C13H19FN4O2. The number of halogens is 1. The number of hydrogen-bond acceptors (Lipinski definition) is 4. The van der Waals surface area contributed by atoms with Gasteiger partial charge in [-0.2, -0.15) is 5.10 Å². The van der Waals surface area contributed by atoms with Crippen LogP contribution in [0, 0.1) is 10.1 Å². The van der Waals surface area contributed by atoms with Crippen molar-refractivity contribution in [2.75, 3.05) is 13.1 Å². The summed E-state index contributed by atoms with van der Waals surface area (Å²) < 4.78 is 15.8. The number of rotatable bonds is 3. The van der Waals surface area contributed by atoms with Crippen LogP contribution in [-0.2, 0) is 0 Å². The Hall–Kier alpha value is -1.50. The Balaban J connectivity index is 1.65. The van der Waals surface area contributed by atoms with Gasteiger partial charge in [-0.25, -0.2) is 4.39 Å². The summed E-state index contributed by atoms with van der Waals surface area (Å²) in [5.41, 5.74) is -0.0737. The zero-order valence-electron chi connectivity index (χ0n) is 11.3. The van der Waals surface area contributed by atoms with E-state index in [2.05, 4.69) is 10.00 Å². The molecule has 2 aliphatic rings. The summed E-state index contributed by atoms with van der Waals surface area (Å²) in [7, 11) is 0. The van der Waals surface area contributed by atoms with Crippen LogP contribution in [-0.4, -0.2) is 44.9 Å². The van der Waals surface area contributed by atoms with Crippen molar-refractivity contribution in [3.63, 3.8) is 0 Å². The first-order valence-corrected chi connectivity index (χ1v) is 7.22. The lowest BCUT2D eigenvalue weighted by molar-refractivity contribution is -0.385. The maximum absolute atomic E-state index is 14.4. The molecule has 1 aliphatic heterocycles. The molecule has 2 fully saturated rings. The van der Waals surface area contributed by atoms with Crippen molar-refractivity contribution in [1.29, 1.82) is 0 Å². The molecule has 1 saturated carbocycles. The van der Waals surface area contributed by atoms with Crippen LogP contribution in [0.4, 0.5) is 10.1 Å². The van der Waals surface area contributed by atoms with E-state index < -0.39 is 11.1 Å². The van der Waals surface area contributed by atoms with Crippen molar-refractivity contribution in [3.05, 3.63) is 22.5 Å². The molecule has 0 radical (unpaired) electrons. The molecule has 1 aliphatic carbocycles. The standard InChI is InChI=1S/C13H19FN4O2/c14-12-9-16(10-3-1-2-4-10)6-5-13(12)17-8-11(7-15-17)18(19)20/h7-8,10,12-13H,1-6,9H2. The van der Waals surface area contributed by atoms with Gasteiger partial charge in [0.25, 0.3) is 0 Å². The van der Waals surface area contributed by atoms with Crippen LogP contribution >= 0.6 is 0 Å². The van der Waals surface area contributed by atoms with E-state index in [0.29, 0.717) is 19.0 Å². The molecule has 2 atom stereocenters. The molecule has 6 nitrogen and oxygen atoms in total. The maximum atomic E-state index is 14.4. The second-order valence-corrected chi connectivity index (χ2v) is 5.74. The first-order chi connectivity index (χ1) is 9.65. The molecule has 0 aromatic carbocycles. The third-order valence-corrected chi connectivity index (χ3v) is 4.52. The molecule has 7 heteroatoms. The SMILES string of the molecule is O=[N+]([O-])c1cnn(C2CCN(C3CCCC3)CC2F)c1. The fourth-order valence-electron chi connectivity index (χ4n) is 3.42. The average Bonchev–Trinajstić information content (AvgIpc) is 3.10. The number of aromatic nitrogens is 2. The van der Waals surface area contributed by atoms with E-state index in [-0.39, 0.29) is 11.7 Å². The quantitative estimate of drug-likeness (QED) is 0.630. The number of nitro groups is 1. The van der Waals surface area contributed by atoms with Gasteiger partial charge < -0.3 is 0 Å². The first-order valence-electron chi connectivity index (χ1n) is 7.22. The average molecular weight is 282 g/mol. The summed E-state index contributed by atoms with van der Waals surface area (Å²) in [6.07, 6.45) is 7.01. The predicted molar refractivity (Wildman–Crippen MR) is 71.3 cm³/mol. The summed E-state index contributed by atoms with van der Waals surface area (Å²) in [5.74, 6) is 0. The Kier molecular flexibility index (Phi) is 3.69. The third-order valence-electron chi connectivity index (χ3n) is 4.52. The molecule has 2 heterocycles. The van der Waals surface area contributed by atoms with Gasteiger partial charge in [-0.3, -0.25) is 19.7 Å². The molecule has 2 unspecified atom stereocenters. The van der Waals surface area contributed by atoms with Crippen LogP contribution < -0.4 is 0 Å². The van der Waals surface area contributed by atoms with Crippen LogP contribution in [0.5, 0.6) is 0 Å². The number of hydrogen-bond donors (Lipinski definition) is 0. The largest absolute Gasteiger partial charge is 0.307 e. The second-order valence-electron chi connectivity index (χ2n) is 5.74.